The summed E-state index contributed by atoms with van der Waals surface area (Å²) >= 11 is 11.7. The van der Waals surface area contributed by atoms with E-state index in [1.165, 1.54) is 25.1 Å². The Hall–Kier alpha value is -1.67. The lowest BCUT2D eigenvalue weighted by molar-refractivity contribution is -0.153. The van der Waals surface area contributed by atoms with Gasteiger partial charge in [-0.2, -0.15) is 13.2 Å². The summed E-state index contributed by atoms with van der Waals surface area (Å²) in [6.07, 6.45) is -4.40. The van der Waals surface area contributed by atoms with E-state index in [0.717, 1.165) is 0 Å². The summed E-state index contributed by atoms with van der Waals surface area (Å²) in [7, 11) is 0. The summed E-state index contributed by atoms with van der Waals surface area (Å²) in [5, 5.41) is 4.26. The number of guanidine groups is 1. The van der Waals surface area contributed by atoms with Gasteiger partial charge in [0.25, 0.3) is 0 Å². The van der Waals surface area contributed by atoms with E-state index in [-0.39, 0.29) is 17.0 Å². The Morgan fingerprint density at radius 1 is 1.36 bits per heavy atom. The molecule has 5 nitrogen and oxygen atoms in total. The third kappa shape index (κ3) is 5.27. The maximum atomic E-state index is 12.1. The largest absolute Gasteiger partial charge is 0.484 e. The number of alkyl halides is 4. The molecule has 10 heteroatoms. The minimum absolute atomic E-state index is 0.0412. The Morgan fingerprint density at radius 2 is 2.09 bits per heavy atom. The first kappa shape index (κ1) is 16.7. The van der Waals surface area contributed by atoms with Crippen molar-refractivity contribution in [2.75, 3.05) is 11.9 Å². The Bertz CT molecular complexity index is 617. The fraction of sp³-hybridized carbons (Fsp3) is 0.333. The average molecular weight is 355 g/mol. The number of nitrogens with zero attached hydrogens (tertiary/aromatic N) is 2. The number of aliphatic imine (C=N–C) groups is 2. The lowest BCUT2D eigenvalue weighted by Gasteiger charge is -2.22. The second-order valence-electron chi connectivity index (χ2n) is 4.45. The zero-order valence-electron chi connectivity index (χ0n) is 11.2. The van der Waals surface area contributed by atoms with Crippen molar-refractivity contribution in [3.63, 3.8) is 0 Å². The summed E-state index contributed by atoms with van der Waals surface area (Å²) in [5.74, 6) is 0.276. The minimum atomic E-state index is -4.40. The van der Waals surface area contributed by atoms with Crippen LogP contribution in [0.25, 0.3) is 0 Å². The fourth-order valence-electron chi connectivity index (χ4n) is 1.59. The molecule has 0 saturated carbocycles. The van der Waals surface area contributed by atoms with E-state index < -0.39 is 17.9 Å². The quantitative estimate of drug-likeness (QED) is 0.645. The van der Waals surface area contributed by atoms with Gasteiger partial charge in [0, 0.05) is 11.8 Å². The van der Waals surface area contributed by atoms with Crippen molar-refractivity contribution in [3.8, 4) is 5.75 Å². The van der Waals surface area contributed by atoms with Gasteiger partial charge in [-0.1, -0.05) is 17.7 Å². The van der Waals surface area contributed by atoms with Crippen molar-refractivity contribution < 1.29 is 17.9 Å². The molecule has 1 heterocycles. The number of hydrogen-bond acceptors (Lipinski definition) is 5. The molecule has 0 aliphatic carbocycles. The van der Waals surface area contributed by atoms with Gasteiger partial charge in [0.2, 0.25) is 16.4 Å². The SMILES string of the molecule is CC1(Cl)N=C(Cl)NC(Nc2cccc(OCC(F)(F)F)c2)=N1. The molecule has 0 saturated heterocycles. The highest BCUT2D eigenvalue weighted by Crippen LogP contribution is 2.24. The van der Waals surface area contributed by atoms with Crippen LogP contribution in [-0.4, -0.2) is 29.2 Å². The molecule has 1 aliphatic heterocycles. The number of hydrogen-bond donors (Lipinski definition) is 2. The van der Waals surface area contributed by atoms with Crippen LogP contribution in [0.15, 0.2) is 34.3 Å². The zero-order valence-corrected chi connectivity index (χ0v) is 12.7. The molecular formula is C12H11Cl2F3N4O. The Kier molecular flexibility index (Phi) is 4.72. The van der Waals surface area contributed by atoms with Crippen molar-refractivity contribution in [1.29, 1.82) is 0 Å². The molecule has 2 N–H and O–H groups in total. The van der Waals surface area contributed by atoms with Gasteiger partial charge in [0.15, 0.2) is 6.61 Å². The van der Waals surface area contributed by atoms with E-state index in [0.29, 0.717) is 5.69 Å². The monoisotopic (exact) mass is 354 g/mol. The predicted molar refractivity (Wildman–Crippen MR) is 79.7 cm³/mol. The highest BCUT2D eigenvalue weighted by atomic mass is 35.5. The van der Waals surface area contributed by atoms with Gasteiger partial charge in [-0.3, -0.25) is 0 Å². The number of nitrogens with one attached hydrogen (secondary N) is 2. The van der Waals surface area contributed by atoms with Crippen molar-refractivity contribution >= 4 is 40.1 Å². The van der Waals surface area contributed by atoms with Crippen LogP contribution in [0.2, 0.25) is 0 Å². The second-order valence-corrected chi connectivity index (χ2v) is 5.52. The molecule has 22 heavy (non-hydrogen) atoms. The van der Waals surface area contributed by atoms with Crippen LogP contribution in [-0.2, 0) is 0 Å². The van der Waals surface area contributed by atoms with Crippen LogP contribution < -0.4 is 15.4 Å². The number of rotatable bonds is 3. The van der Waals surface area contributed by atoms with Gasteiger partial charge in [-0.15, -0.1) is 0 Å². The highest BCUT2D eigenvalue weighted by Gasteiger charge is 2.28. The average Bonchev–Trinajstić information content (AvgIpc) is 2.33. The summed E-state index contributed by atoms with van der Waals surface area (Å²) in [6, 6.07) is 5.96. The summed E-state index contributed by atoms with van der Waals surface area (Å²) in [4.78, 5) is 7.88. The van der Waals surface area contributed by atoms with Gasteiger partial charge in [0.05, 0.1) is 0 Å². The molecule has 0 spiro atoms. The van der Waals surface area contributed by atoms with Crippen LogP contribution in [0.1, 0.15) is 6.92 Å². The van der Waals surface area contributed by atoms with Gasteiger partial charge in [-0.05, 0) is 30.7 Å². The van der Waals surface area contributed by atoms with Crippen LogP contribution >= 0.6 is 23.2 Å². The molecule has 0 bridgehead atoms. The van der Waals surface area contributed by atoms with Crippen molar-refractivity contribution in [1.82, 2.24) is 5.32 Å². The lowest BCUT2D eigenvalue weighted by Crippen LogP contribution is -2.40. The summed E-state index contributed by atoms with van der Waals surface area (Å²) < 4.78 is 41.1. The number of anilines is 1. The number of ether oxygens (including phenoxy) is 1. The standard InChI is InChI=1S/C12H11Cl2F3N4O/c1-11(14)20-9(13)19-10(21-11)18-7-3-2-4-8(5-7)22-6-12(15,16)17/h2-5H,6H2,1H3,(H2,18,19,20,21). The molecule has 2 rings (SSSR count). The molecule has 120 valence electrons. The van der Waals surface area contributed by atoms with Gasteiger partial charge >= 0.3 is 6.18 Å². The maximum Gasteiger partial charge on any atom is 0.422 e. The van der Waals surface area contributed by atoms with Crippen molar-refractivity contribution in [2.45, 2.75) is 18.2 Å². The lowest BCUT2D eigenvalue weighted by atomic mass is 10.3. The molecule has 0 amide bonds. The first-order chi connectivity index (χ1) is 10.1. The molecule has 0 fully saturated rings. The third-order valence-electron chi connectivity index (χ3n) is 2.34. The second kappa shape index (κ2) is 6.21. The van der Waals surface area contributed by atoms with E-state index in [2.05, 4.69) is 25.4 Å². The maximum absolute atomic E-state index is 12.1. The molecule has 1 aliphatic rings. The van der Waals surface area contributed by atoms with E-state index in [1.807, 2.05) is 0 Å². The Balaban J connectivity index is 2.06. The third-order valence-corrected chi connectivity index (χ3v) is 2.69. The van der Waals surface area contributed by atoms with Crippen molar-refractivity contribution in [3.05, 3.63) is 24.3 Å². The zero-order chi connectivity index (χ0) is 16.4. The molecule has 0 aromatic heterocycles. The van der Waals surface area contributed by atoms with E-state index in [9.17, 15) is 13.2 Å². The molecule has 1 aromatic carbocycles. The molecular weight excluding hydrogens is 344 g/mol. The van der Waals surface area contributed by atoms with Crippen LogP contribution in [0.3, 0.4) is 0 Å². The normalized spacial score (nSPS) is 21.5. The molecule has 0 radical (unpaired) electrons. The predicted octanol–water partition coefficient (Wildman–Crippen LogP) is 3.51. The van der Waals surface area contributed by atoms with Gasteiger partial charge in [0.1, 0.15) is 5.75 Å². The van der Waals surface area contributed by atoms with Crippen LogP contribution in [0, 0.1) is 0 Å². The molecule has 1 atom stereocenters. The van der Waals surface area contributed by atoms with Crippen molar-refractivity contribution in [2.24, 2.45) is 9.98 Å². The number of halogens is 5. The summed E-state index contributed by atoms with van der Waals surface area (Å²) in [6.45, 7) is 0.163. The summed E-state index contributed by atoms with van der Waals surface area (Å²) in [5.41, 5.74) is 0.449. The first-order valence-electron chi connectivity index (χ1n) is 6.01. The highest BCUT2D eigenvalue weighted by molar-refractivity contribution is 6.66. The molecule has 1 unspecified atom stereocenters. The van der Waals surface area contributed by atoms with E-state index >= 15 is 0 Å². The number of amidine groups is 1. The van der Waals surface area contributed by atoms with Crippen LogP contribution in [0.5, 0.6) is 5.75 Å². The fourth-order valence-corrected chi connectivity index (χ4v) is 2.05. The smallest absolute Gasteiger partial charge is 0.422 e. The topological polar surface area (TPSA) is 58.0 Å². The molecule has 1 aromatic rings. The van der Waals surface area contributed by atoms with E-state index in [4.69, 9.17) is 23.2 Å². The van der Waals surface area contributed by atoms with Gasteiger partial charge < -0.3 is 15.4 Å². The van der Waals surface area contributed by atoms with Gasteiger partial charge in [-0.25, -0.2) is 9.98 Å². The number of benzene rings is 1. The van der Waals surface area contributed by atoms with E-state index in [1.54, 1.807) is 6.07 Å². The first-order valence-corrected chi connectivity index (χ1v) is 6.76. The minimum Gasteiger partial charge on any atom is -0.484 e. The Morgan fingerprint density at radius 3 is 2.73 bits per heavy atom. The van der Waals surface area contributed by atoms with Crippen LogP contribution in [0.4, 0.5) is 18.9 Å². The Labute approximate surface area is 134 Å².